The van der Waals surface area contributed by atoms with Crippen LogP contribution in [0, 0.1) is 22.7 Å². The molecule has 0 radical (unpaired) electrons. The summed E-state index contributed by atoms with van der Waals surface area (Å²) in [7, 11) is 0. The van der Waals surface area contributed by atoms with Gasteiger partial charge in [-0.3, -0.25) is 0 Å². The Kier molecular flexibility index (Phi) is 4.62. The molecule has 0 saturated heterocycles. The molecule has 6 aromatic rings. The molecule has 1 aliphatic carbocycles. The lowest BCUT2D eigenvalue weighted by Gasteiger charge is -2.22. The minimum Gasteiger partial charge on any atom is -0.309 e. The summed E-state index contributed by atoms with van der Waals surface area (Å²) in [5.74, 6) is 0. The Morgan fingerprint density at radius 1 is 0.605 bits per heavy atom. The molecule has 0 saturated carbocycles. The Bertz CT molecular complexity index is 1990. The lowest BCUT2D eigenvalue weighted by Crippen LogP contribution is -2.15. The van der Waals surface area contributed by atoms with Crippen LogP contribution in [0.2, 0.25) is 0 Å². The van der Waals surface area contributed by atoms with Gasteiger partial charge in [-0.2, -0.15) is 10.5 Å². The molecule has 0 amide bonds. The largest absolute Gasteiger partial charge is 0.309 e. The standard InChI is InChI=1S/C35H23N3/c1-35(2)30-12-5-3-10-26(30)27-16-15-25(19-31(27)35)38-32-13-6-4-11-28(32)29-18-22(14-17-33(29)38)34-23(20-36)8-7-9-24(34)21-37/h3-19H,1-2H3. The van der Waals surface area contributed by atoms with E-state index in [4.69, 9.17) is 0 Å². The third kappa shape index (κ3) is 2.94. The van der Waals surface area contributed by atoms with Gasteiger partial charge < -0.3 is 4.57 Å². The molecule has 1 heterocycles. The maximum absolute atomic E-state index is 9.76. The summed E-state index contributed by atoms with van der Waals surface area (Å²) in [5.41, 5.74) is 11.2. The summed E-state index contributed by atoms with van der Waals surface area (Å²) >= 11 is 0. The maximum atomic E-state index is 9.76. The van der Waals surface area contributed by atoms with Crippen LogP contribution in [0.5, 0.6) is 0 Å². The predicted octanol–water partition coefficient (Wildman–Crippen LogP) is 8.50. The fourth-order valence-corrected chi connectivity index (χ4v) is 6.29. The molecule has 38 heavy (non-hydrogen) atoms. The van der Waals surface area contributed by atoms with Crippen molar-refractivity contribution < 1.29 is 0 Å². The van der Waals surface area contributed by atoms with Gasteiger partial charge in [0.2, 0.25) is 0 Å². The molecule has 0 N–H and O–H groups in total. The fourth-order valence-electron chi connectivity index (χ4n) is 6.29. The van der Waals surface area contributed by atoms with Crippen molar-refractivity contribution in [3.63, 3.8) is 0 Å². The average Bonchev–Trinajstić information content (AvgIpc) is 3.41. The van der Waals surface area contributed by atoms with Crippen molar-refractivity contribution in [1.29, 1.82) is 10.5 Å². The quantitative estimate of drug-likeness (QED) is 0.247. The normalized spacial score (nSPS) is 13.2. The smallest absolute Gasteiger partial charge is 0.0998 e. The molecule has 5 aromatic carbocycles. The zero-order valence-electron chi connectivity index (χ0n) is 21.2. The Labute approximate surface area is 221 Å². The SMILES string of the molecule is CC1(C)c2ccccc2-c2ccc(-n3c4ccccc4c4cc(-c5c(C#N)cccc5C#N)ccc43)cc21. The van der Waals surface area contributed by atoms with E-state index in [1.54, 1.807) is 18.2 Å². The number of fused-ring (bicyclic) bond motifs is 6. The Hall–Kier alpha value is -5.12. The highest BCUT2D eigenvalue weighted by molar-refractivity contribution is 6.10. The molecule has 7 rings (SSSR count). The van der Waals surface area contributed by atoms with Gasteiger partial charge >= 0.3 is 0 Å². The summed E-state index contributed by atoms with van der Waals surface area (Å²) in [4.78, 5) is 0. The molecular weight excluding hydrogens is 462 g/mol. The first-order valence-electron chi connectivity index (χ1n) is 12.7. The summed E-state index contributed by atoms with van der Waals surface area (Å²) < 4.78 is 2.33. The van der Waals surface area contributed by atoms with Crippen molar-refractivity contribution >= 4 is 21.8 Å². The first kappa shape index (κ1) is 22.1. The summed E-state index contributed by atoms with van der Waals surface area (Å²) in [6.45, 7) is 4.61. The number of aromatic nitrogens is 1. The number of para-hydroxylation sites is 1. The zero-order chi connectivity index (χ0) is 26.0. The van der Waals surface area contributed by atoms with Crippen LogP contribution in [-0.4, -0.2) is 4.57 Å². The van der Waals surface area contributed by atoms with Gasteiger partial charge in [-0.25, -0.2) is 0 Å². The molecule has 0 bridgehead atoms. The summed E-state index contributed by atoms with van der Waals surface area (Å²) in [6.07, 6.45) is 0. The molecule has 0 aliphatic heterocycles. The van der Waals surface area contributed by atoms with Gasteiger partial charge in [0.25, 0.3) is 0 Å². The zero-order valence-corrected chi connectivity index (χ0v) is 21.2. The summed E-state index contributed by atoms with van der Waals surface area (Å²) in [5, 5.41) is 21.8. The number of nitrogens with zero attached hydrogens (tertiary/aromatic N) is 3. The van der Waals surface area contributed by atoms with Gasteiger partial charge in [0.1, 0.15) is 0 Å². The van der Waals surface area contributed by atoms with E-state index in [9.17, 15) is 10.5 Å². The second kappa shape index (κ2) is 7.94. The molecular formula is C35H23N3. The van der Waals surface area contributed by atoms with E-state index in [0.29, 0.717) is 16.7 Å². The van der Waals surface area contributed by atoms with Crippen LogP contribution in [0.4, 0.5) is 0 Å². The number of benzene rings is 5. The van der Waals surface area contributed by atoms with E-state index < -0.39 is 0 Å². The Morgan fingerprint density at radius 3 is 2.08 bits per heavy atom. The second-order valence-corrected chi connectivity index (χ2v) is 10.4. The molecule has 1 aliphatic rings. The first-order valence-corrected chi connectivity index (χ1v) is 12.7. The van der Waals surface area contributed by atoms with Crippen LogP contribution >= 0.6 is 0 Å². The highest BCUT2D eigenvalue weighted by atomic mass is 15.0. The number of hydrogen-bond donors (Lipinski definition) is 0. The molecule has 0 unspecified atom stereocenters. The van der Waals surface area contributed by atoms with Crippen LogP contribution < -0.4 is 0 Å². The van der Waals surface area contributed by atoms with Gasteiger partial charge in [0.15, 0.2) is 0 Å². The molecule has 0 atom stereocenters. The van der Waals surface area contributed by atoms with E-state index >= 15 is 0 Å². The van der Waals surface area contributed by atoms with E-state index in [1.165, 1.54) is 22.3 Å². The average molecular weight is 486 g/mol. The highest BCUT2D eigenvalue weighted by Crippen LogP contribution is 2.49. The molecule has 0 fully saturated rings. The first-order chi connectivity index (χ1) is 18.5. The third-order valence-electron chi connectivity index (χ3n) is 8.09. The maximum Gasteiger partial charge on any atom is 0.0998 e. The number of rotatable bonds is 2. The molecule has 3 heteroatoms. The summed E-state index contributed by atoms with van der Waals surface area (Å²) in [6, 6.07) is 40.1. The van der Waals surface area contributed by atoms with Crippen molar-refractivity contribution in [3.05, 3.63) is 125 Å². The van der Waals surface area contributed by atoms with Gasteiger partial charge in [0, 0.05) is 27.4 Å². The number of hydrogen-bond acceptors (Lipinski definition) is 2. The van der Waals surface area contributed by atoms with E-state index in [0.717, 1.165) is 33.1 Å². The third-order valence-corrected chi connectivity index (χ3v) is 8.09. The van der Waals surface area contributed by atoms with Gasteiger partial charge in [-0.1, -0.05) is 74.5 Å². The van der Waals surface area contributed by atoms with Crippen molar-refractivity contribution in [2.24, 2.45) is 0 Å². The topological polar surface area (TPSA) is 52.5 Å². The van der Waals surface area contributed by atoms with Crippen LogP contribution in [0.25, 0.3) is 49.7 Å². The van der Waals surface area contributed by atoms with Crippen molar-refractivity contribution in [3.8, 4) is 40.1 Å². The number of nitriles is 2. The predicted molar refractivity (Wildman–Crippen MR) is 153 cm³/mol. The highest BCUT2D eigenvalue weighted by Gasteiger charge is 2.35. The monoisotopic (exact) mass is 485 g/mol. The van der Waals surface area contributed by atoms with Gasteiger partial charge in [0.05, 0.1) is 34.3 Å². The van der Waals surface area contributed by atoms with Crippen LogP contribution in [0.3, 0.4) is 0 Å². The fraction of sp³-hybridized carbons (Fsp3) is 0.0857. The van der Waals surface area contributed by atoms with E-state index in [2.05, 4.69) is 109 Å². The van der Waals surface area contributed by atoms with E-state index in [1.807, 2.05) is 6.07 Å². The lowest BCUT2D eigenvalue weighted by molar-refractivity contribution is 0.660. The molecule has 178 valence electrons. The minimum atomic E-state index is -0.0808. The van der Waals surface area contributed by atoms with Crippen molar-refractivity contribution in [1.82, 2.24) is 4.57 Å². The van der Waals surface area contributed by atoms with E-state index in [-0.39, 0.29) is 5.41 Å². The molecule has 0 spiro atoms. The van der Waals surface area contributed by atoms with Crippen molar-refractivity contribution in [2.45, 2.75) is 19.3 Å². The molecule has 3 nitrogen and oxygen atoms in total. The van der Waals surface area contributed by atoms with Crippen LogP contribution in [0.15, 0.2) is 103 Å². The molecule has 1 aromatic heterocycles. The van der Waals surface area contributed by atoms with Crippen molar-refractivity contribution in [2.75, 3.05) is 0 Å². The minimum absolute atomic E-state index is 0.0808. The van der Waals surface area contributed by atoms with Crippen LogP contribution in [0.1, 0.15) is 36.1 Å². The van der Waals surface area contributed by atoms with Gasteiger partial charge in [-0.05, 0) is 70.3 Å². The Balaban J connectivity index is 1.49. The second-order valence-electron chi connectivity index (χ2n) is 10.4. The Morgan fingerprint density at radius 2 is 1.29 bits per heavy atom. The lowest BCUT2D eigenvalue weighted by atomic mass is 9.82. The van der Waals surface area contributed by atoms with Crippen LogP contribution in [-0.2, 0) is 5.41 Å². The van der Waals surface area contributed by atoms with Gasteiger partial charge in [-0.15, -0.1) is 0 Å².